The molecular formula is C9H19. The molecule has 1 atom stereocenters. The Hall–Kier alpha value is 0. The highest BCUT2D eigenvalue weighted by atomic mass is 14.0. The number of rotatable bonds is 5. The normalized spacial score (nSPS) is 13.7. The van der Waals surface area contributed by atoms with E-state index >= 15 is 0 Å². The van der Waals surface area contributed by atoms with E-state index in [-0.39, 0.29) is 0 Å². The third kappa shape index (κ3) is 5.88. The van der Waals surface area contributed by atoms with E-state index in [0.717, 1.165) is 5.92 Å². The van der Waals surface area contributed by atoms with Gasteiger partial charge in [-0.25, -0.2) is 0 Å². The Bertz CT molecular complexity index is 48.0. The van der Waals surface area contributed by atoms with Gasteiger partial charge in [-0.3, -0.25) is 0 Å². The van der Waals surface area contributed by atoms with Crippen molar-refractivity contribution in [3.05, 3.63) is 6.42 Å². The Labute approximate surface area is 59.7 Å². The number of hydrogen-bond acceptors (Lipinski definition) is 0. The molecule has 55 valence electrons. The zero-order valence-corrected chi connectivity index (χ0v) is 6.98. The molecule has 0 N–H and O–H groups in total. The lowest BCUT2D eigenvalue weighted by Crippen LogP contribution is -1.92. The van der Waals surface area contributed by atoms with Gasteiger partial charge >= 0.3 is 0 Å². The van der Waals surface area contributed by atoms with E-state index in [0.29, 0.717) is 0 Å². The van der Waals surface area contributed by atoms with Crippen LogP contribution in [0.25, 0.3) is 0 Å². The average Bonchev–Trinajstić information content (AvgIpc) is 1.85. The first kappa shape index (κ1) is 9.00. The Balaban J connectivity index is 2.95. The third-order valence-electron chi connectivity index (χ3n) is 1.73. The van der Waals surface area contributed by atoms with Crippen molar-refractivity contribution in [2.24, 2.45) is 5.92 Å². The highest BCUT2D eigenvalue weighted by Crippen LogP contribution is 2.12. The first-order valence-electron chi connectivity index (χ1n) is 4.09. The van der Waals surface area contributed by atoms with Crippen LogP contribution < -0.4 is 0 Å². The monoisotopic (exact) mass is 127 g/mol. The fourth-order valence-corrected chi connectivity index (χ4v) is 1.09. The minimum Gasteiger partial charge on any atom is -0.0654 e. The van der Waals surface area contributed by atoms with Gasteiger partial charge in [0.15, 0.2) is 0 Å². The second kappa shape index (κ2) is 6.12. The summed E-state index contributed by atoms with van der Waals surface area (Å²) in [4.78, 5) is 0. The summed E-state index contributed by atoms with van der Waals surface area (Å²) < 4.78 is 0. The van der Waals surface area contributed by atoms with Crippen LogP contribution in [0.15, 0.2) is 0 Å². The van der Waals surface area contributed by atoms with E-state index in [1.165, 1.54) is 25.7 Å². The molecule has 0 fully saturated rings. The van der Waals surface area contributed by atoms with E-state index in [4.69, 9.17) is 0 Å². The molecular weight excluding hydrogens is 108 g/mol. The van der Waals surface area contributed by atoms with Crippen molar-refractivity contribution in [1.29, 1.82) is 0 Å². The van der Waals surface area contributed by atoms with Crippen LogP contribution in [0.1, 0.15) is 46.5 Å². The fourth-order valence-electron chi connectivity index (χ4n) is 1.09. The van der Waals surface area contributed by atoms with Crippen LogP contribution in [0.2, 0.25) is 0 Å². The molecule has 0 heterocycles. The molecule has 0 aliphatic rings. The Morgan fingerprint density at radius 3 is 2.44 bits per heavy atom. The second-order valence-corrected chi connectivity index (χ2v) is 2.88. The van der Waals surface area contributed by atoms with Gasteiger partial charge in [0.1, 0.15) is 0 Å². The van der Waals surface area contributed by atoms with Gasteiger partial charge in [0.25, 0.3) is 0 Å². The molecule has 0 aromatic carbocycles. The van der Waals surface area contributed by atoms with E-state index < -0.39 is 0 Å². The minimum atomic E-state index is 0.936. The van der Waals surface area contributed by atoms with E-state index in [2.05, 4.69) is 27.2 Å². The largest absolute Gasteiger partial charge is 0.0654 e. The first-order chi connectivity index (χ1) is 4.31. The Morgan fingerprint density at radius 1 is 1.33 bits per heavy atom. The summed E-state index contributed by atoms with van der Waals surface area (Å²) in [6.45, 7) is 6.73. The van der Waals surface area contributed by atoms with Gasteiger partial charge in [-0.1, -0.05) is 46.5 Å². The SMILES string of the molecule is C[CH]CCC(C)CCC. The van der Waals surface area contributed by atoms with Crippen molar-refractivity contribution in [2.75, 3.05) is 0 Å². The van der Waals surface area contributed by atoms with E-state index in [1.54, 1.807) is 0 Å². The molecule has 9 heavy (non-hydrogen) atoms. The van der Waals surface area contributed by atoms with Gasteiger partial charge in [-0.05, 0) is 12.3 Å². The van der Waals surface area contributed by atoms with Crippen LogP contribution in [0.3, 0.4) is 0 Å². The predicted octanol–water partition coefficient (Wildman–Crippen LogP) is 3.43. The maximum Gasteiger partial charge on any atom is -0.0417 e. The summed E-state index contributed by atoms with van der Waals surface area (Å²) >= 11 is 0. The maximum atomic E-state index is 2.34. The fraction of sp³-hybridized carbons (Fsp3) is 0.889. The molecule has 0 bridgehead atoms. The third-order valence-corrected chi connectivity index (χ3v) is 1.73. The summed E-state index contributed by atoms with van der Waals surface area (Å²) in [5.74, 6) is 0.936. The summed E-state index contributed by atoms with van der Waals surface area (Å²) in [7, 11) is 0. The molecule has 0 nitrogen and oxygen atoms in total. The highest BCUT2D eigenvalue weighted by Gasteiger charge is 1.97. The van der Waals surface area contributed by atoms with Crippen molar-refractivity contribution in [2.45, 2.75) is 46.5 Å². The van der Waals surface area contributed by atoms with Gasteiger partial charge in [-0.15, -0.1) is 0 Å². The first-order valence-corrected chi connectivity index (χ1v) is 4.09. The summed E-state index contributed by atoms with van der Waals surface area (Å²) in [6.07, 6.45) is 7.66. The molecule has 0 aromatic heterocycles. The van der Waals surface area contributed by atoms with Crippen LogP contribution >= 0.6 is 0 Å². The van der Waals surface area contributed by atoms with E-state index in [9.17, 15) is 0 Å². The molecule has 0 heteroatoms. The molecule has 0 saturated carbocycles. The minimum absolute atomic E-state index is 0.936. The van der Waals surface area contributed by atoms with Crippen LogP contribution in [0.5, 0.6) is 0 Å². The predicted molar refractivity (Wildman–Crippen MR) is 43.3 cm³/mol. The van der Waals surface area contributed by atoms with Crippen molar-refractivity contribution >= 4 is 0 Å². The van der Waals surface area contributed by atoms with Crippen molar-refractivity contribution in [1.82, 2.24) is 0 Å². The average molecular weight is 127 g/mol. The van der Waals surface area contributed by atoms with Gasteiger partial charge in [0, 0.05) is 0 Å². The Kier molecular flexibility index (Phi) is 6.12. The van der Waals surface area contributed by atoms with Crippen LogP contribution in [-0.4, -0.2) is 0 Å². The lowest BCUT2D eigenvalue weighted by Gasteiger charge is -2.06. The second-order valence-electron chi connectivity index (χ2n) is 2.88. The molecule has 0 rings (SSSR count). The van der Waals surface area contributed by atoms with Crippen LogP contribution in [0, 0.1) is 12.3 Å². The lowest BCUT2D eigenvalue weighted by molar-refractivity contribution is 0.484. The smallest absolute Gasteiger partial charge is 0.0417 e. The zero-order valence-electron chi connectivity index (χ0n) is 6.98. The maximum absolute atomic E-state index is 2.34. The molecule has 0 aliphatic heterocycles. The molecule has 0 amide bonds. The molecule has 0 spiro atoms. The quantitative estimate of drug-likeness (QED) is 0.530. The van der Waals surface area contributed by atoms with Crippen molar-refractivity contribution in [3.63, 3.8) is 0 Å². The summed E-state index contributed by atoms with van der Waals surface area (Å²) in [6, 6.07) is 0. The van der Waals surface area contributed by atoms with E-state index in [1.807, 2.05) is 0 Å². The van der Waals surface area contributed by atoms with Gasteiger partial charge < -0.3 is 0 Å². The number of unbranched alkanes of at least 4 members (excludes halogenated alkanes) is 1. The topological polar surface area (TPSA) is 0 Å². The van der Waals surface area contributed by atoms with Crippen molar-refractivity contribution < 1.29 is 0 Å². The van der Waals surface area contributed by atoms with Gasteiger partial charge in [0.2, 0.25) is 0 Å². The van der Waals surface area contributed by atoms with Crippen LogP contribution in [0.4, 0.5) is 0 Å². The number of hydrogen-bond donors (Lipinski definition) is 0. The molecule has 1 unspecified atom stereocenters. The summed E-state index contributed by atoms with van der Waals surface area (Å²) in [5, 5.41) is 0. The molecule has 1 radical (unpaired) electrons. The van der Waals surface area contributed by atoms with Crippen LogP contribution in [-0.2, 0) is 0 Å². The molecule has 0 aromatic rings. The molecule has 0 saturated heterocycles. The standard InChI is InChI=1S/C9H19/c1-4-6-8-9(3)7-5-2/h4,9H,5-8H2,1-3H3. The van der Waals surface area contributed by atoms with Crippen molar-refractivity contribution in [3.8, 4) is 0 Å². The van der Waals surface area contributed by atoms with Gasteiger partial charge in [0.05, 0.1) is 0 Å². The highest BCUT2D eigenvalue weighted by molar-refractivity contribution is 4.59. The lowest BCUT2D eigenvalue weighted by atomic mass is 10.00. The Morgan fingerprint density at radius 2 is 2.00 bits per heavy atom. The van der Waals surface area contributed by atoms with Gasteiger partial charge in [-0.2, -0.15) is 0 Å². The molecule has 0 aliphatic carbocycles. The summed E-state index contributed by atoms with van der Waals surface area (Å²) in [5.41, 5.74) is 0. The zero-order chi connectivity index (χ0) is 7.11.